The first-order valence-electron chi connectivity index (χ1n) is 10.9. The van der Waals surface area contributed by atoms with Crippen LogP contribution in [0.15, 0.2) is 85.2 Å². The summed E-state index contributed by atoms with van der Waals surface area (Å²) in [5.41, 5.74) is 3.51. The first kappa shape index (κ1) is 22.4. The highest BCUT2D eigenvalue weighted by Crippen LogP contribution is 2.42. The maximum atomic E-state index is 13.9. The molecule has 2 atom stereocenters. The highest BCUT2D eigenvalue weighted by atomic mass is 35.5. The largest absolute Gasteiger partial charge is 0.494 e. The number of anilines is 1. The minimum atomic E-state index is -0.454. The van der Waals surface area contributed by atoms with Gasteiger partial charge in [0.15, 0.2) is 5.11 Å². The van der Waals surface area contributed by atoms with E-state index in [1.165, 1.54) is 6.07 Å². The quantitative estimate of drug-likeness (QED) is 0.323. The molecule has 0 amide bonds. The summed E-state index contributed by atoms with van der Waals surface area (Å²) < 4.78 is 21.5. The Hall–Kier alpha value is -3.42. The second kappa shape index (κ2) is 9.44. The fourth-order valence-corrected chi connectivity index (χ4v) is 4.83. The highest BCUT2D eigenvalue weighted by Gasteiger charge is 2.42. The van der Waals surface area contributed by atoms with Crippen molar-refractivity contribution < 1.29 is 9.13 Å². The van der Waals surface area contributed by atoms with E-state index in [1.807, 2.05) is 72.3 Å². The molecule has 1 aliphatic heterocycles. The van der Waals surface area contributed by atoms with Crippen molar-refractivity contribution in [2.75, 3.05) is 11.5 Å². The molecule has 0 spiro atoms. The van der Waals surface area contributed by atoms with Crippen molar-refractivity contribution in [2.24, 2.45) is 0 Å². The van der Waals surface area contributed by atoms with Gasteiger partial charge in [-0.15, -0.1) is 0 Å². The SMILES string of the molecule is CCOc1ccc(N2C(=S)NC(c3ccccn3)C2c2cccn2-c2ccc(F)c(Cl)c2)cc1. The number of pyridine rings is 1. The summed E-state index contributed by atoms with van der Waals surface area (Å²) in [7, 11) is 0. The first-order valence-corrected chi connectivity index (χ1v) is 11.7. The number of hydrogen-bond acceptors (Lipinski definition) is 3. The van der Waals surface area contributed by atoms with Crippen LogP contribution in [0, 0.1) is 5.82 Å². The summed E-state index contributed by atoms with van der Waals surface area (Å²) in [5, 5.41) is 4.12. The van der Waals surface area contributed by atoms with Crippen molar-refractivity contribution in [1.82, 2.24) is 14.9 Å². The molecule has 1 fully saturated rings. The van der Waals surface area contributed by atoms with Crippen LogP contribution in [-0.4, -0.2) is 21.3 Å². The summed E-state index contributed by atoms with van der Waals surface area (Å²) in [6, 6.07) is 22.0. The molecule has 0 saturated carbocycles. The molecule has 34 heavy (non-hydrogen) atoms. The van der Waals surface area contributed by atoms with E-state index in [9.17, 15) is 4.39 Å². The smallest absolute Gasteiger partial charge is 0.174 e. The lowest BCUT2D eigenvalue weighted by molar-refractivity contribution is 0.340. The van der Waals surface area contributed by atoms with E-state index < -0.39 is 5.82 Å². The Balaban J connectivity index is 1.63. The number of ether oxygens (including phenoxy) is 1. The molecule has 1 N–H and O–H groups in total. The molecule has 1 aliphatic rings. The van der Waals surface area contributed by atoms with Crippen molar-refractivity contribution in [3.05, 3.63) is 107 Å². The van der Waals surface area contributed by atoms with E-state index in [0.717, 1.165) is 28.5 Å². The molecule has 4 aromatic rings. The van der Waals surface area contributed by atoms with Crippen LogP contribution in [0.25, 0.3) is 5.69 Å². The van der Waals surface area contributed by atoms with Gasteiger partial charge in [-0.2, -0.15) is 0 Å². The van der Waals surface area contributed by atoms with E-state index in [-0.39, 0.29) is 17.1 Å². The molecule has 5 nitrogen and oxygen atoms in total. The number of nitrogens with zero attached hydrogens (tertiary/aromatic N) is 3. The number of benzene rings is 2. The molecule has 2 aromatic carbocycles. The maximum absolute atomic E-state index is 13.9. The number of halogens is 2. The Bertz CT molecular complexity index is 1310. The Kier molecular flexibility index (Phi) is 6.22. The zero-order chi connectivity index (χ0) is 23.7. The van der Waals surface area contributed by atoms with E-state index in [4.69, 9.17) is 28.6 Å². The summed E-state index contributed by atoms with van der Waals surface area (Å²) in [5.74, 6) is 0.344. The van der Waals surface area contributed by atoms with Gasteiger partial charge in [-0.05, 0) is 85.9 Å². The first-order chi connectivity index (χ1) is 16.6. The third-order valence-corrected chi connectivity index (χ3v) is 6.39. The third kappa shape index (κ3) is 4.13. The van der Waals surface area contributed by atoms with Gasteiger partial charge in [-0.1, -0.05) is 17.7 Å². The average Bonchev–Trinajstić information content (AvgIpc) is 3.46. The number of rotatable bonds is 6. The van der Waals surface area contributed by atoms with E-state index in [0.29, 0.717) is 11.7 Å². The number of aromatic nitrogens is 2. The molecule has 0 aliphatic carbocycles. The molecule has 3 heterocycles. The number of hydrogen-bond donors (Lipinski definition) is 1. The Morgan fingerprint density at radius 2 is 1.85 bits per heavy atom. The number of thiocarbonyl (C=S) groups is 1. The van der Waals surface area contributed by atoms with E-state index in [2.05, 4.69) is 15.2 Å². The molecule has 8 heteroatoms. The fraction of sp³-hybridized carbons (Fsp3) is 0.154. The fourth-order valence-electron chi connectivity index (χ4n) is 4.31. The summed E-state index contributed by atoms with van der Waals surface area (Å²) >= 11 is 11.9. The maximum Gasteiger partial charge on any atom is 0.174 e. The zero-order valence-electron chi connectivity index (χ0n) is 18.4. The van der Waals surface area contributed by atoms with Crippen LogP contribution >= 0.6 is 23.8 Å². The van der Waals surface area contributed by atoms with Crippen LogP contribution in [0.3, 0.4) is 0 Å². The summed E-state index contributed by atoms with van der Waals surface area (Å²) in [6.45, 7) is 2.55. The lowest BCUT2D eigenvalue weighted by atomic mass is 10.0. The molecular formula is C26H22ClFN4OS. The topological polar surface area (TPSA) is 42.3 Å². The van der Waals surface area contributed by atoms with Crippen LogP contribution in [-0.2, 0) is 0 Å². The molecule has 2 unspecified atom stereocenters. The molecule has 0 radical (unpaired) electrons. The Morgan fingerprint density at radius 1 is 1.06 bits per heavy atom. The molecule has 5 rings (SSSR count). The molecule has 0 bridgehead atoms. The molecule has 1 saturated heterocycles. The minimum absolute atomic E-state index is 0.0712. The minimum Gasteiger partial charge on any atom is -0.494 e. The highest BCUT2D eigenvalue weighted by molar-refractivity contribution is 7.80. The second-order valence-corrected chi connectivity index (χ2v) is 8.62. The van der Waals surface area contributed by atoms with E-state index in [1.54, 1.807) is 18.3 Å². The number of nitrogens with one attached hydrogen (secondary N) is 1. The van der Waals surface area contributed by atoms with Crippen LogP contribution < -0.4 is 15.0 Å². The van der Waals surface area contributed by atoms with Gasteiger partial charge < -0.3 is 19.5 Å². The van der Waals surface area contributed by atoms with Crippen molar-refractivity contribution in [3.8, 4) is 11.4 Å². The van der Waals surface area contributed by atoms with Gasteiger partial charge in [0.2, 0.25) is 0 Å². The van der Waals surface area contributed by atoms with Crippen LogP contribution in [0.1, 0.15) is 30.4 Å². The average molecular weight is 493 g/mol. The van der Waals surface area contributed by atoms with Gasteiger partial charge in [-0.3, -0.25) is 4.98 Å². The second-order valence-electron chi connectivity index (χ2n) is 7.82. The predicted molar refractivity (Wildman–Crippen MR) is 136 cm³/mol. The van der Waals surface area contributed by atoms with Crippen molar-refractivity contribution >= 4 is 34.6 Å². The van der Waals surface area contributed by atoms with Gasteiger partial charge in [0.05, 0.1) is 23.4 Å². The van der Waals surface area contributed by atoms with Gasteiger partial charge in [0, 0.05) is 29.5 Å². The van der Waals surface area contributed by atoms with Gasteiger partial charge in [-0.25, -0.2) is 4.39 Å². The van der Waals surface area contributed by atoms with Crippen molar-refractivity contribution in [2.45, 2.75) is 19.0 Å². The van der Waals surface area contributed by atoms with Crippen molar-refractivity contribution in [1.29, 1.82) is 0 Å². The lowest BCUT2D eigenvalue weighted by Crippen LogP contribution is -2.30. The Morgan fingerprint density at radius 3 is 2.56 bits per heavy atom. The lowest BCUT2D eigenvalue weighted by Gasteiger charge is -2.29. The van der Waals surface area contributed by atoms with Crippen LogP contribution in [0.4, 0.5) is 10.1 Å². The Labute approximate surface area is 207 Å². The standard InChI is InChI=1S/C26H22ClFN4OS/c1-2-33-19-11-8-17(9-12-19)32-25(24(30-26(32)34)22-6-3-4-14-29-22)23-7-5-15-31(23)18-10-13-21(28)20(27)16-18/h3-16,24-25H,2H2,1H3,(H,30,34). The van der Waals surface area contributed by atoms with Gasteiger partial charge >= 0.3 is 0 Å². The normalized spacial score (nSPS) is 17.6. The summed E-state index contributed by atoms with van der Waals surface area (Å²) in [4.78, 5) is 6.69. The van der Waals surface area contributed by atoms with E-state index >= 15 is 0 Å². The zero-order valence-corrected chi connectivity index (χ0v) is 19.9. The van der Waals surface area contributed by atoms with Gasteiger partial charge in [0.25, 0.3) is 0 Å². The van der Waals surface area contributed by atoms with Crippen LogP contribution in [0.2, 0.25) is 5.02 Å². The summed E-state index contributed by atoms with van der Waals surface area (Å²) in [6.07, 6.45) is 3.71. The van der Waals surface area contributed by atoms with Crippen molar-refractivity contribution in [3.63, 3.8) is 0 Å². The monoisotopic (exact) mass is 492 g/mol. The molecule has 2 aromatic heterocycles. The predicted octanol–water partition coefficient (Wildman–Crippen LogP) is 6.24. The molecular weight excluding hydrogens is 471 g/mol. The third-order valence-electron chi connectivity index (χ3n) is 5.79. The van der Waals surface area contributed by atoms with Gasteiger partial charge in [0.1, 0.15) is 17.6 Å². The molecule has 172 valence electrons. The van der Waals surface area contributed by atoms with Crippen LogP contribution in [0.5, 0.6) is 5.75 Å².